The zero-order valence-corrected chi connectivity index (χ0v) is 6.08. The van der Waals surface area contributed by atoms with Gasteiger partial charge in [0.1, 0.15) is 11.6 Å². The molecule has 2 nitrogen and oxygen atoms in total. The Kier molecular flexibility index (Phi) is 1.43. The van der Waals surface area contributed by atoms with Crippen LogP contribution in [0.5, 0.6) is 0 Å². The minimum absolute atomic E-state index is 0.384. The Labute approximate surface area is 67.6 Å². The van der Waals surface area contributed by atoms with Crippen LogP contribution >= 0.6 is 0 Å². The highest BCUT2D eigenvalue weighted by Crippen LogP contribution is 2.18. The molecule has 3 heteroatoms. The summed E-state index contributed by atoms with van der Waals surface area (Å²) in [6.07, 6.45) is 0. The van der Waals surface area contributed by atoms with Crippen molar-refractivity contribution >= 4 is 0 Å². The highest BCUT2D eigenvalue weighted by atomic mass is 19.1. The number of fused-ring (bicyclic) bond motifs is 1. The third-order valence-corrected chi connectivity index (χ3v) is 1.56. The average molecular weight is 164 g/mol. The molecule has 0 atom stereocenters. The molecule has 2 rings (SSSR count). The molecular formula is C9H5FO2. The van der Waals surface area contributed by atoms with Crippen LogP contribution in [0.3, 0.4) is 0 Å². The molecule has 0 aromatic heterocycles. The fourth-order valence-corrected chi connectivity index (χ4v) is 1.06. The second-order valence-electron chi connectivity index (χ2n) is 2.44. The summed E-state index contributed by atoms with van der Waals surface area (Å²) in [5.74, 6) is 0.0229. The number of rotatable bonds is 0. The summed E-state index contributed by atoms with van der Waals surface area (Å²) in [5, 5.41) is 0. The Balaban J connectivity index is 2.81. The summed E-state index contributed by atoms with van der Waals surface area (Å²) >= 11 is 0. The van der Waals surface area contributed by atoms with E-state index < -0.39 is 5.63 Å². The van der Waals surface area contributed by atoms with Gasteiger partial charge in [-0.05, 0) is 18.2 Å². The second-order valence-corrected chi connectivity index (χ2v) is 2.44. The monoisotopic (exact) mass is 164 g/mol. The lowest BCUT2D eigenvalue weighted by atomic mass is 10.2. The van der Waals surface area contributed by atoms with Crippen LogP contribution < -0.4 is 5.63 Å². The lowest BCUT2D eigenvalue weighted by Gasteiger charge is -1.83. The summed E-state index contributed by atoms with van der Waals surface area (Å²) in [6, 6.07) is 6.89. The van der Waals surface area contributed by atoms with Crippen LogP contribution in [-0.2, 0) is 0 Å². The highest BCUT2D eigenvalue weighted by molar-refractivity contribution is 5.57. The highest BCUT2D eigenvalue weighted by Gasteiger charge is 2.05. The van der Waals surface area contributed by atoms with Gasteiger partial charge in [-0.3, -0.25) is 0 Å². The largest absolute Gasteiger partial charge is 0.423 e. The van der Waals surface area contributed by atoms with Gasteiger partial charge in [0.25, 0.3) is 0 Å². The molecule has 2 aliphatic rings. The van der Waals surface area contributed by atoms with Crippen molar-refractivity contribution in [3.8, 4) is 11.3 Å². The van der Waals surface area contributed by atoms with Gasteiger partial charge in [0.2, 0.25) is 0 Å². The van der Waals surface area contributed by atoms with Crippen LogP contribution in [0.4, 0.5) is 4.39 Å². The molecule has 60 valence electrons. The van der Waals surface area contributed by atoms with Crippen LogP contribution in [0.15, 0.2) is 39.5 Å². The van der Waals surface area contributed by atoms with Crippen molar-refractivity contribution < 1.29 is 8.81 Å². The molecule has 1 aliphatic carbocycles. The lowest BCUT2D eigenvalue weighted by Crippen LogP contribution is -1.83. The number of hydrogen-bond donors (Lipinski definition) is 0. The summed E-state index contributed by atoms with van der Waals surface area (Å²) in [6.45, 7) is 0. The number of halogens is 1. The van der Waals surface area contributed by atoms with Gasteiger partial charge in [-0.25, -0.2) is 9.18 Å². The normalized spacial score (nSPS) is 10.4. The van der Waals surface area contributed by atoms with Crippen molar-refractivity contribution in [3.05, 3.63) is 46.6 Å². The maximum absolute atomic E-state index is 12.7. The minimum atomic E-state index is -0.449. The molecular weight excluding hydrogens is 159 g/mol. The van der Waals surface area contributed by atoms with E-state index in [1.807, 2.05) is 0 Å². The maximum Gasteiger partial charge on any atom is 0.336 e. The Morgan fingerprint density at radius 1 is 1.25 bits per heavy atom. The molecule has 0 fully saturated rings. The Morgan fingerprint density at radius 2 is 2.08 bits per heavy atom. The van der Waals surface area contributed by atoms with Crippen molar-refractivity contribution in [1.29, 1.82) is 0 Å². The smallest absolute Gasteiger partial charge is 0.336 e. The molecule has 1 heterocycles. The summed E-state index contributed by atoms with van der Waals surface area (Å²) in [4.78, 5) is 10.7. The number of furan rings is 1. The lowest BCUT2D eigenvalue weighted by molar-refractivity contribution is 0.545. The van der Waals surface area contributed by atoms with E-state index in [9.17, 15) is 9.18 Å². The zero-order chi connectivity index (χ0) is 8.55. The van der Waals surface area contributed by atoms with Crippen LogP contribution in [0, 0.1) is 5.82 Å². The second kappa shape index (κ2) is 2.44. The molecule has 12 heavy (non-hydrogen) atoms. The predicted molar refractivity (Wildman–Crippen MR) is 41.6 cm³/mol. The first-order chi connectivity index (χ1) is 5.75. The first-order valence-corrected chi connectivity index (χ1v) is 3.45. The van der Waals surface area contributed by atoms with E-state index in [0.717, 1.165) is 0 Å². The fraction of sp³-hybridized carbons (Fsp3) is 0. The van der Waals surface area contributed by atoms with Gasteiger partial charge in [-0.2, -0.15) is 0 Å². The summed E-state index contributed by atoms with van der Waals surface area (Å²) in [5.41, 5.74) is 0.0399. The Morgan fingerprint density at radius 3 is 2.92 bits per heavy atom. The van der Waals surface area contributed by atoms with E-state index in [1.165, 1.54) is 24.3 Å². The molecule has 1 aliphatic heterocycles. The third-order valence-electron chi connectivity index (χ3n) is 1.56. The topological polar surface area (TPSA) is 30.2 Å². The molecule has 0 amide bonds. The molecule has 0 saturated carbocycles. The van der Waals surface area contributed by atoms with E-state index in [0.29, 0.717) is 11.3 Å². The van der Waals surface area contributed by atoms with Crippen molar-refractivity contribution in [2.45, 2.75) is 0 Å². The molecule has 0 aromatic rings. The van der Waals surface area contributed by atoms with Crippen molar-refractivity contribution in [1.82, 2.24) is 0 Å². The van der Waals surface area contributed by atoms with Gasteiger partial charge < -0.3 is 4.42 Å². The van der Waals surface area contributed by atoms with Gasteiger partial charge >= 0.3 is 5.63 Å². The van der Waals surface area contributed by atoms with Crippen molar-refractivity contribution in [2.24, 2.45) is 0 Å². The van der Waals surface area contributed by atoms with Gasteiger partial charge in [-0.1, -0.05) is 6.07 Å². The van der Waals surface area contributed by atoms with E-state index >= 15 is 0 Å². The quantitative estimate of drug-likeness (QED) is 0.595. The molecule has 0 bridgehead atoms. The molecule has 0 saturated heterocycles. The van der Waals surface area contributed by atoms with Crippen LogP contribution in [0.2, 0.25) is 0 Å². The van der Waals surface area contributed by atoms with E-state index in [1.54, 1.807) is 6.07 Å². The van der Waals surface area contributed by atoms with Crippen LogP contribution in [0.1, 0.15) is 0 Å². The predicted octanol–water partition coefficient (Wildman–Crippen LogP) is 1.88. The van der Waals surface area contributed by atoms with E-state index in [-0.39, 0.29) is 5.82 Å². The molecule has 0 radical (unpaired) electrons. The minimum Gasteiger partial charge on any atom is -0.423 e. The van der Waals surface area contributed by atoms with Crippen LogP contribution in [-0.4, -0.2) is 0 Å². The molecule has 0 aromatic carbocycles. The molecule has 0 unspecified atom stereocenters. The van der Waals surface area contributed by atoms with Crippen molar-refractivity contribution in [3.63, 3.8) is 0 Å². The van der Waals surface area contributed by atoms with Gasteiger partial charge in [0.05, 0.1) is 0 Å². The maximum atomic E-state index is 12.7. The summed E-state index contributed by atoms with van der Waals surface area (Å²) in [7, 11) is 0. The van der Waals surface area contributed by atoms with E-state index in [4.69, 9.17) is 4.42 Å². The first kappa shape index (κ1) is 7.03. The Hall–Kier alpha value is -1.64. The van der Waals surface area contributed by atoms with Crippen molar-refractivity contribution in [2.75, 3.05) is 0 Å². The molecule has 0 N–H and O–H groups in total. The fourth-order valence-electron chi connectivity index (χ4n) is 1.06. The summed E-state index contributed by atoms with van der Waals surface area (Å²) < 4.78 is 17.5. The number of hydrogen-bond acceptors (Lipinski definition) is 2. The van der Waals surface area contributed by atoms with Gasteiger partial charge in [0, 0.05) is 11.6 Å². The van der Waals surface area contributed by atoms with E-state index in [2.05, 4.69) is 0 Å². The van der Waals surface area contributed by atoms with Crippen LogP contribution in [0.25, 0.3) is 11.3 Å². The standard InChI is InChI=1S/C9H5FO2/c10-7-2-1-3-8-6(4-7)5-9(11)12-8/h1-5H. The first-order valence-electron chi connectivity index (χ1n) is 3.45. The third kappa shape index (κ3) is 1.09. The zero-order valence-electron chi connectivity index (χ0n) is 6.08. The van der Waals surface area contributed by atoms with Gasteiger partial charge in [-0.15, -0.1) is 0 Å². The SMILES string of the molecule is O=c1cc2cc(F)cccc-2o1. The van der Waals surface area contributed by atoms with Gasteiger partial charge in [0.15, 0.2) is 0 Å². The average Bonchev–Trinajstić information content (AvgIpc) is 2.23. The Bertz CT molecular complexity index is 433. The molecule has 0 spiro atoms.